The fourth-order valence-corrected chi connectivity index (χ4v) is 1.58. The molecule has 1 aliphatic heterocycles. The molecule has 0 bridgehead atoms. The molecule has 1 aliphatic rings. The van der Waals surface area contributed by atoms with E-state index in [1.807, 2.05) is 6.92 Å². The minimum absolute atomic E-state index is 0.177. The highest BCUT2D eigenvalue weighted by atomic mass is 16.6. The van der Waals surface area contributed by atoms with Crippen LogP contribution in [0, 0.1) is 0 Å². The van der Waals surface area contributed by atoms with Crippen molar-refractivity contribution in [3.63, 3.8) is 0 Å². The molecule has 0 aliphatic carbocycles. The lowest BCUT2D eigenvalue weighted by atomic mass is 9.96. The van der Waals surface area contributed by atoms with Gasteiger partial charge in [0, 0.05) is 7.11 Å². The molecule has 0 amide bonds. The molecule has 5 atom stereocenters. The Morgan fingerprint density at radius 2 is 1.67 bits per heavy atom. The van der Waals surface area contributed by atoms with Gasteiger partial charge in [-0.05, 0) is 13.8 Å². The third-order valence-corrected chi connectivity index (χ3v) is 2.33. The van der Waals surface area contributed by atoms with Gasteiger partial charge >= 0.3 is 0 Å². The Kier molecular flexibility index (Phi) is 3.06. The molecule has 0 aromatic carbocycles. The van der Waals surface area contributed by atoms with Crippen LogP contribution in [0.1, 0.15) is 13.8 Å². The van der Waals surface area contributed by atoms with E-state index in [-0.39, 0.29) is 12.2 Å². The van der Waals surface area contributed by atoms with Crippen molar-refractivity contribution in [2.75, 3.05) is 7.11 Å². The summed E-state index contributed by atoms with van der Waals surface area (Å²) in [6, 6.07) is 0. The first kappa shape index (κ1) is 9.92. The van der Waals surface area contributed by atoms with Crippen molar-refractivity contribution < 1.29 is 19.7 Å². The molecule has 3 unspecified atom stereocenters. The summed E-state index contributed by atoms with van der Waals surface area (Å²) in [6.45, 7) is 3.55. The predicted octanol–water partition coefficient (Wildman–Crippen LogP) is -0.470. The van der Waals surface area contributed by atoms with Crippen molar-refractivity contribution in [1.29, 1.82) is 0 Å². The van der Waals surface area contributed by atoms with Gasteiger partial charge in [0.05, 0.1) is 12.2 Å². The lowest BCUT2D eigenvalue weighted by Gasteiger charge is -2.39. The highest BCUT2D eigenvalue weighted by molar-refractivity contribution is 4.89. The van der Waals surface area contributed by atoms with Crippen LogP contribution in [0.5, 0.6) is 0 Å². The molecule has 72 valence electrons. The number of methoxy groups -OCH3 is 1. The molecule has 1 rings (SSSR count). The molecule has 0 spiro atoms. The second kappa shape index (κ2) is 3.70. The number of ether oxygens (including phenoxy) is 2. The number of aliphatic hydroxyl groups is 2. The molecule has 0 saturated carbocycles. The maximum Gasteiger partial charge on any atom is 0.111 e. The van der Waals surface area contributed by atoms with Gasteiger partial charge in [0.15, 0.2) is 0 Å². The van der Waals surface area contributed by atoms with Crippen molar-refractivity contribution in [2.45, 2.75) is 44.4 Å². The van der Waals surface area contributed by atoms with Crippen LogP contribution in [-0.4, -0.2) is 47.8 Å². The molecule has 12 heavy (non-hydrogen) atoms. The van der Waals surface area contributed by atoms with Gasteiger partial charge in [-0.2, -0.15) is 0 Å². The van der Waals surface area contributed by atoms with Crippen molar-refractivity contribution in [1.82, 2.24) is 0 Å². The molecular formula is C8H16O4. The fraction of sp³-hybridized carbons (Fsp3) is 1.00. The van der Waals surface area contributed by atoms with Crippen LogP contribution < -0.4 is 0 Å². The monoisotopic (exact) mass is 176 g/mol. The topological polar surface area (TPSA) is 58.9 Å². The van der Waals surface area contributed by atoms with Crippen molar-refractivity contribution in [2.24, 2.45) is 0 Å². The quantitative estimate of drug-likeness (QED) is 0.567. The smallest absolute Gasteiger partial charge is 0.111 e. The van der Waals surface area contributed by atoms with Gasteiger partial charge < -0.3 is 19.7 Å². The van der Waals surface area contributed by atoms with E-state index in [2.05, 4.69) is 0 Å². The Hall–Kier alpha value is -0.160. The fourth-order valence-electron chi connectivity index (χ4n) is 1.58. The zero-order valence-corrected chi connectivity index (χ0v) is 7.60. The zero-order valence-electron chi connectivity index (χ0n) is 7.60. The molecule has 1 heterocycles. The summed E-state index contributed by atoms with van der Waals surface area (Å²) in [5.41, 5.74) is 0. The van der Waals surface area contributed by atoms with Crippen molar-refractivity contribution in [3.8, 4) is 0 Å². The highest BCUT2D eigenvalue weighted by Gasteiger charge is 2.40. The Morgan fingerprint density at radius 1 is 1.08 bits per heavy atom. The van der Waals surface area contributed by atoms with Gasteiger partial charge in [-0.25, -0.2) is 0 Å². The lowest BCUT2D eigenvalue weighted by molar-refractivity contribution is -0.219. The summed E-state index contributed by atoms with van der Waals surface area (Å²) in [7, 11) is 1.50. The number of hydrogen-bond donors (Lipinski definition) is 2. The Morgan fingerprint density at radius 3 is 2.17 bits per heavy atom. The Balaban J connectivity index is 2.65. The van der Waals surface area contributed by atoms with Crippen LogP contribution in [0.4, 0.5) is 0 Å². The molecule has 4 nitrogen and oxygen atoms in total. The average molecular weight is 176 g/mol. The minimum atomic E-state index is -0.855. The van der Waals surface area contributed by atoms with Crippen LogP contribution in [0.2, 0.25) is 0 Å². The van der Waals surface area contributed by atoms with E-state index >= 15 is 0 Å². The van der Waals surface area contributed by atoms with Gasteiger partial charge in [0.1, 0.15) is 18.3 Å². The maximum absolute atomic E-state index is 9.52. The maximum atomic E-state index is 9.52. The van der Waals surface area contributed by atoms with Crippen molar-refractivity contribution >= 4 is 0 Å². The van der Waals surface area contributed by atoms with Gasteiger partial charge in [-0.1, -0.05) is 0 Å². The molecule has 1 saturated heterocycles. The third-order valence-electron chi connectivity index (χ3n) is 2.33. The van der Waals surface area contributed by atoms with Crippen LogP contribution in [0.3, 0.4) is 0 Å². The van der Waals surface area contributed by atoms with Crippen LogP contribution >= 0.6 is 0 Å². The SMILES string of the molecule is CO[C@@H]1C(C)O[C@H](C)C(O)C1O. The van der Waals surface area contributed by atoms with E-state index in [0.29, 0.717) is 0 Å². The second-order valence-corrected chi connectivity index (χ2v) is 3.23. The lowest BCUT2D eigenvalue weighted by Crippen LogP contribution is -2.56. The van der Waals surface area contributed by atoms with Gasteiger partial charge in [-0.15, -0.1) is 0 Å². The van der Waals surface area contributed by atoms with E-state index in [1.54, 1.807) is 6.92 Å². The minimum Gasteiger partial charge on any atom is -0.388 e. The number of hydrogen-bond acceptors (Lipinski definition) is 4. The van der Waals surface area contributed by atoms with Gasteiger partial charge in [0.2, 0.25) is 0 Å². The average Bonchev–Trinajstić information content (AvgIpc) is 2.01. The van der Waals surface area contributed by atoms with Gasteiger partial charge in [-0.3, -0.25) is 0 Å². The predicted molar refractivity (Wildman–Crippen MR) is 42.8 cm³/mol. The molecule has 0 radical (unpaired) electrons. The molecule has 1 fully saturated rings. The van der Waals surface area contributed by atoms with E-state index in [4.69, 9.17) is 9.47 Å². The third kappa shape index (κ3) is 1.61. The van der Waals surface area contributed by atoms with E-state index < -0.39 is 18.3 Å². The Labute approximate surface area is 72.1 Å². The first-order chi connectivity index (χ1) is 5.57. The van der Waals surface area contributed by atoms with Crippen LogP contribution in [0.15, 0.2) is 0 Å². The largest absolute Gasteiger partial charge is 0.388 e. The highest BCUT2D eigenvalue weighted by Crippen LogP contribution is 2.22. The normalized spacial score (nSPS) is 49.2. The molecule has 2 N–H and O–H groups in total. The van der Waals surface area contributed by atoms with E-state index in [9.17, 15) is 10.2 Å². The number of aliphatic hydroxyl groups excluding tert-OH is 2. The van der Waals surface area contributed by atoms with Crippen LogP contribution in [0.25, 0.3) is 0 Å². The summed E-state index contributed by atoms with van der Waals surface area (Å²) >= 11 is 0. The summed E-state index contributed by atoms with van der Waals surface area (Å²) in [5, 5.41) is 18.9. The molecule has 4 heteroatoms. The van der Waals surface area contributed by atoms with Crippen molar-refractivity contribution in [3.05, 3.63) is 0 Å². The first-order valence-electron chi connectivity index (χ1n) is 4.12. The van der Waals surface area contributed by atoms with Crippen LogP contribution in [-0.2, 0) is 9.47 Å². The molecule has 0 aromatic heterocycles. The van der Waals surface area contributed by atoms with E-state index in [0.717, 1.165) is 0 Å². The molecular weight excluding hydrogens is 160 g/mol. The second-order valence-electron chi connectivity index (χ2n) is 3.23. The summed E-state index contributed by atoms with van der Waals surface area (Å²) < 4.78 is 10.3. The zero-order chi connectivity index (χ0) is 9.30. The van der Waals surface area contributed by atoms with Gasteiger partial charge in [0.25, 0.3) is 0 Å². The van der Waals surface area contributed by atoms with E-state index in [1.165, 1.54) is 7.11 Å². The standard InChI is InChI=1S/C8H16O4/c1-4-6(9)7(10)8(11-3)5(2)12-4/h4-10H,1-3H3/t4-,5?,6?,7?,8-/m1/s1. The Bertz CT molecular complexity index is 150. The summed E-state index contributed by atoms with van der Waals surface area (Å²) in [5.74, 6) is 0. The first-order valence-corrected chi connectivity index (χ1v) is 4.12. The number of rotatable bonds is 1. The summed E-state index contributed by atoms with van der Waals surface area (Å²) in [4.78, 5) is 0. The summed E-state index contributed by atoms with van der Waals surface area (Å²) in [6.07, 6.45) is -2.65. The molecule has 0 aromatic rings.